The number of aryl methyl sites for hydroxylation is 1. The summed E-state index contributed by atoms with van der Waals surface area (Å²) in [6, 6.07) is 11.6. The normalized spacial score (nSPS) is 10.8. The quantitative estimate of drug-likeness (QED) is 0.381. The fourth-order valence-electron chi connectivity index (χ4n) is 3.04. The SMILES string of the molecule is CCCCc1c(C(=O)c2ccc(OC)cc2)[nH]c2ccc([N+](=O)[O-])cc12. The summed E-state index contributed by atoms with van der Waals surface area (Å²) in [5.74, 6) is 0.553. The van der Waals surface area contributed by atoms with Crippen LogP contribution in [-0.2, 0) is 6.42 Å². The van der Waals surface area contributed by atoms with Crippen LogP contribution in [0.3, 0.4) is 0 Å². The molecular weight excluding hydrogens is 332 g/mol. The van der Waals surface area contributed by atoms with Crippen molar-refractivity contribution in [3.8, 4) is 5.75 Å². The lowest BCUT2D eigenvalue weighted by Crippen LogP contribution is -2.05. The van der Waals surface area contributed by atoms with Gasteiger partial charge in [0.15, 0.2) is 0 Å². The first-order valence-corrected chi connectivity index (χ1v) is 8.53. The van der Waals surface area contributed by atoms with E-state index in [2.05, 4.69) is 11.9 Å². The predicted molar refractivity (Wildman–Crippen MR) is 100.0 cm³/mol. The van der Waals surface area contributed by atoms with Gasteiger partial charge in [0.1, 0.15) is 5.75 Å². The van der Waals surface area contributed by atoms with Crippen LogP contribution in [0.1, 0.15) is 41.4 Å². The maximum atomic E-state index is 13.0. The van der Waals surface area contributed by atoms with Crippen LogP contribution in [0.25, 0.3) is 10.9 Å². The summed E-state index contributed by atoms with van der Waals surface area (Å²) in [6.07, 6.45) is 2.56. The number of ketones is 1. The summed E-state index contributed by atoms with van der Waals surface area (Å²) in [4.78, 5) is 26.9. The molecule has 0 amide bonds. The lowest BCUT2D eigenvalue weighted by Gasteiger charge is -2.05. The van der Waals surface area contributed by atoms with Gasteiger partial charge in [0.2, 0.25) is 5.78 Å². The van der Waals surface area contributed by atoms with Gasteiger partial charge in [-0.15, -0.1) is 0 Å². The van der Waals surface area contributed by atoms with Gasteiger partial charge in [-0.2, -0.15) is 0 Å². The monoisotopic (exact) mass is 352 g/mol. The Morgan fingerprint density at radius 2 is 1.92 bits per heavy atom. The molecule has 0 fully saturated rings. The summed E-state index contributed by atoms with van der Waals surface area (Å²) < 4.78 is 5.13. The number of hydrogen-bond donors (Lipinski definition) is 1. The Bertz CT molecular complexity index is 958. The van der Waals surface area contributed by atoms with Crippen molar-refractivity contribution in [3.05, 3.63) is 69.4 Å². The van der Waals surface area contributed by atoms with Crippen LogP contribution in [0.15, 0.2) is 42.5 Å². The molecule has 2 aromatic carbocycles. The van der Waals surface area contributed by atoms with Gasteiger partial charge in [0.05, 0.1) is 17.7 Å². The van der Waals surface area contributed by atoms with Crippen LogP contribution in [0.4, 0.5) is 5.69 Å². The van der Waals surface area contributed by atoms with Crippen LogP contribution in [0, 0.1) is 10.1 Å². The van der Waals surface area contributed by atoms with E-state index in [0.717, 1.165) is 29.3 Å². The number of H-pyrrole nitrogens is 1. The zero-order valence-corrected chi connectivity index (χ0v) is 14.7. The van der Waals surface area contributed by atoms with Crippen molar-refractivity contribution in [1.82, 2.24) is 4.98 Å². The van der Waals surface area contributed by atoms with E-state index in [1.807, 2.05) is 0 Å². The molecule has 26 heavy (non-hydrogen) atoms. The number of aromatic amines is 1. The Balaban J connectivity index is 2.10. The number of benzene rings is 2. The molecule has 0 aliphatic rings. The van der Waals surface area contributed by atoms with E-state index in [-0.39, 0.29) is 11.5 Å². The van der Waals surface area contributed by atoms with E-state index >= 15 is 0 Å². The minimum atomic E-state index is -0.416. The molecule has 0 aliphatic heterocycles. The number of hydrogen-bond acceptors (Lipinski definition) is 4. The number of nitrogens with zero attached hydrogens (tertiary/aromatic N) is 1. The maximum absolute atomic E-state index is 13.0. The molecule has 0 bridgehead atoms. The van der Waals surface area contributed by atoms with E-state index in [4.69, 9.17) is 4.74 Å². The molecule has 0 saturated carbocycles. The molecule has 0 spiro atoms. The van der Waals surface area contributed by atoms with Crippen molar-refractivity contribution in [2.45, 2.75) is 26.2 Å². The molecule has 3 aromatic rings. The van der Waals surface area contributed by atoms with Gasteiger partial charge in [-0.05, 0) is 48.7 Å². The number of non-ortho nitro benzene ring substituents is 1. The topological polar surface area (TPSA) is 85.2 Å². The predicted octanol–water partition coefficient (Wildman–Crippen LogP) is 4.66. The summed E-state index contributed by atoms with van der Waals surface area (Å²) in [5.41, 5.74) is 2.64. The Morgan fingerprint density at radius 1 is 1.19 bits per heavy atom. The van der Waals surface area contributed by atoms with Gasteiger partial charge < -0.3 is 9.72 Å². The van der Waals surface area contributed by atoms with Crippen molar-refractivity contribution in [1.29, 1.82) is 0 Å². The molecule has 134 valence electrons. The second kappa shape index (κ2) is 7.39. The molecule has 6 heteroatoms. The molecule has 0 aliphatic carbocycles. The van der Waals surface area contributed by atoms with Gasteiger partial charge in [-0.25, -0.2) is 0 Å². The van der Waals surface area contributed by atoms with Gasteiger partial charge in [-0.1, -0.05) is 13.3 Å². The summed E-state index contributed by atoms with van der Waals surface area (Å²) in [7, 11) is 1.57. The highest BCUT2D eigenvalue weighted by Crippen LogP contribution is 2.29. The van der Waals surface area contributed by atoms with Crippen LogP contribution in [-0.4, -0.2) is 22.8 Å². The maximum Gasteiger partial charge on any atom is 0.270 e. The Hall–Kier alpha value is -3.15. The molecule has 0 atom stereocenters. The highest BCUT2D eigenvalue weighted by atomic mass is 16.6. The number of carbonyl (C=O) groups is 1. The van der Waals surface area contributed by atoms with Crippen molar-refractivity contribution < 1.29 is 14.5 Å². The van der Waals surface area contributed by atoms with Crippen molar-refractivity contribution in [2.75, 3.05) is 7.11 Å². The minimum Gasteiger partial charge on any atom is -0.497 e. The number of ether oxygens (including phenoxy) is 1. The molecule has 1 N–H and O–H groups in total. The van der Waals surface area contributed by atoms with Crippen molar-refractivity contribution in [2.24, 2.45) is 0 Å². The Morgan fingerprint density at radius 3 is 2.54 bits per heavy atom. The van der Waals surface area contributed by atoms with E-state index in [1.165, 1.54) is 6.07 Å². The zero-order chi connectivity index (χ0) is 18.7. The number of aromatic nitrogens is 1. The number of rotatable bonds is 7. The van der Waals surface area contributed by atoms with E-state index in [1.54, 1.807) is 43.5 Å². The summed E-state index contributed by atoms with van der Waals surface area (Å²) in [6.45, 7) is 2.07. The highest BCUT2D eigenvalue weighted by molar-refractivity contribution is 6.12. The number of nitro benzene ring substituents is 1. The first kappa shape index (κ1) is 17.7. The van der Waals surface area contributed by atoms with Gasteiger partial charge in [0.25, 0.3) is 5.69 Å². The summed E-state index contributed by atoms with van der Waals surface area (Å²) in [5, 5.41) is 11.8. The zero-order valence-electron chi connectivity index (χ0n) is 14.7. The Labute approximate surface area is 150 Å². The molecule has 1 aromatic heterocycles. The average molecular weight is 352 g/mol. The molecule has 0 unspecified atom stereocenters. The van der Waals surface area contributed by atoms with Gasteiger partial charge >= 0.3 is 0 Å². The lowest BCUT2D eigenvalue weighted by molar-refractivity contribution is -0.384. The van der Waals surface area contributed by atoms with Crippen molar-refractivity contribution in [3.63, 3.8) is 0 Å². The molecule has 0 saturated heterocycles. The van der Waals surface area contributed by atoms with E-state index in [0.29, 0.717) is 23.4 Å². The third-order valence-corrected chi connectivity index (χ3v) is 4.46. The van der Waals surface area contributed by atoms with Crippen LogP contribution >= 0.6 is 0 Å². The van der Waals surface area contributed by atoms with Crippen LogP contribution in [0.2, 0.25) is 0 Å². The first-order chi connectivity index (χ1) is 12.5. The smallest absolute Gasteiger partial charge is 0.270 e. The Kier molecular flexibility index (Phi) is 5.02. The van der Waals surface area contributed by atoms with Gasteiger partial charge in [-0.3, -0.25) is 14.9 Å². The molecule has 3 rings (SSSR count). The molecular formula is C20H20N2O4. The standard InChI is InChI=1S/C20H20N2O4/c1-3-4-5-16-17-12-14(22(24)25)8-11-18(17)21-19(16)20(23)13-6-9-15(26-2)10-7-13/h6-12,21H,3-5H2,1-2H3. The first-order valence-electron chi connectivity index (χ1n) is 8.53. The second-order valence-corrected chi connectivity index (χ2v) is 6.13. The number of fused-ring (bicyclic) bond motifs is 1. The van der Waals surface area contributed by atoms with E-state index < -0.39 is 4.92 Å². The third-order valence-electron chi connectivity index (χ3n) is 4.46. The number of nitro groups is 1. The molecule has 0 radical (unpaired) electrons. The van der Waals surface area contributed by atoms with E-state index in [9.17, 15) is 14.9 Å². The number of unbranched alkanes of at least 4 members (excludes halogenated alkanes) is 1. The largest absolute Gasteiger partial charge is 0.497 e. The fourth-order valence-corrected chi connectivity index (χ4v) is 3.04. The highest BCUT2D eigenvalue weighted by Gasteiger charge is 2.20. The van der Waals surface area contributed by atoms with Crippen molar-refractivity contribution >= 4 is 22.4 Å². The number of nitrogens with one attached hydrogen (secondary N) is 1. The number of carbonyl (C=O) groups excluding carboxylic acids is 1. The summed E-state index contributed by atoms with van der Waals surface area (Å²) >= 11 is 0. The minimum absolute atomic E-state index is 0.0256. The van der Waals surface area contributed by atoms with Crippen LogP contribution < -0.4 is 4.74 Å². The number of methoxy groups -OCH3 is 1. The van der Waals surface area contributed by atoms with Gasteiger partial charge in [0, 0.05) is 28.6 Å². The lowest BCUT2D eigenvalue weighted by atomic mass is 9.99. The van der Waals surface area contributed by atoms with Crippen LogP contribution in [0.5, 0.6) is 5.75 Å². The third kappa shape index (κ3) is 3.31. The molecule has 1 heterocycles. The fraction of sp³-hybridized carbons (Fsp3) is 0.250. The molecule has 6 nitrogen and oxygen atoms in total. The average Bonchev–Trinajstić information content (AvgIpc) is 3.03. The second-order valence-electron chi connectivity index (χ2n) is 6.13.